The van der Waals surface area contributed by atoms with Crippen LogP contribution in [0.25, 0.3) is 0 Å². The van der Waals surface area contributed by atoms with Gasteiger partial charge in [0.1, 0.15) is 5.75 Å². The standard InChI is InChI=1S/C11H14ClNO2/c12-9-1-2-10(13)11(5-9)15-7-8-3-4-14-6-8/h1-2,5,8H,3-4,6-7,13H2. The summed E-state index contributed by atoms with van der Waals surface area (Å²) in [5.74, 6) is 1.14. The Morgan fingerprint density at radius 3 is 3.13 bits per heavy atom. The van der Waals surface area contributed by atoms with E-state index < -0.39 is 0 Å². The molecule has 1 aliphatic heterocycles. The van der Waals surface area contributed by atoms with Crippen LogP contribution in [-0.2, 0) is 4.74 Å². The van der Waals surface area contributed by atoms with Crippen LogP contribution in [0.15, 0.2) is 18.2 Å². The van der Waals surface area contributed by atoms with Crippen LogP contribution in [-0.4, -0.2) is 19.8 Å². The van der Waals surface area contributed by atoms with E-state index in [1.807, 2.05) is 0 Å². The summed E-state index contributed by atoms with van der Waals surface area (Å²) in [6.45, 7) is 2.25. The average Bonchev–Trinajstić information content (AvgIpc) is 2.72. The fraction of sp³-hybridized carbons (Fsp3) is 0.455. The summed E-state index contributed by atoms with van der Waals surface area (Å²) in [7, 11) is 0. The minimum atomic E-state index is 0.475. The largest absolute Gasteiger partial charge is 0.491 e. The molecule has 1 fully saturated rings. The van der Waals surface area contributed by atoms with Gasteiger partial charge in [-0.15, -0.1) is 0 Å². The SMILES string of the molecule is Nc1ccc(Cl)cc1OCC1CCOC1. The highest BCUT2D eigenvalue weighted by Gasteiger charge is 2.16. The van der Waals surface area contributed by atoms with Crippen molar-refractivity contribution < 1.29 is 9.47 Å². The number of ether oxygens (including phenoxy) is 2. The zero-order chi connectivity index (χ0) is 10.7. The number of hydrogen-bond acceptors (Lipinski definition) is 3. The van der Waals surface area contributed by atoms with Crippen molar-refractivity contribution in [2.24, 2.45) is 5.92 Å². The third kappa shape index (κ3) is 2.76. The highest BCUT2D eigenvalue weighted by Crippen LogP contribution is 2.26. The molecule has 1 aliphatic rings. The van der Waals surface area contributed by atoms with E-state index in [0.717, 1.165) is 19.6 Å². The molecule has 0 radical (unpaired) electrons. The Morgan fingerprint density at radius 2 is 2.40 bits per heavy atom. The van der Waals surface area contributed by atoms with E-state index in [2.05, 4.69) is 0 Å². The van der Waals surface area contributed by atoms with E-state index in [1.165, 1.54) is 0 Å². The predicted octanol–water partition coefficient (Wildman–Crippen LogP) is 2.34. The quantitative estimate of drug-likeness (QED) is 0.807. The van der Waals surface area contributed by atoms with Crippen molar-refractivity contribution in [2.75, 3.05) is 25.6 Å². The smallest absolute Gasteiger partial charge is 0.143 e. The molecule has 3 nitrogen and oxygen atoms in total. The first-order chi connectivity index (χ1) is 7.25. The van der Waals surface area contributed by atoms with Crippen molar-refractivity contribution in [2.45, 2.75) is 6.42 Å². The van der Waals surface area contributed by atoms with Crippen LogP contribution in [0, 0.1) is 5.92 Å². The molecule has 1 heterocycles. The zero-order valence-corrected chi connectivity index (χ0v) is 9.17. The summed E-state index contributed by atoms with van der Waals surface area (Å²) in [5, 5.41) is 0.641. The molecule has 1 aromatic rings. The van der Waals surface area contributed by atoms with Gasteiger partial charge in [0.2, 0.25) is 0 Å². The minimum absolute atomic E-state index is 0.475. The molecule has 15 heavy (non-hydrogen) atoms. The van der Waals surface area contributed by atoms with Gasteiger partial charge in [-0.2, -0.15) is 0 Å². The highest BCUT2D eigenvalue weighted by molar-refractivity contribution is 6.30. The van der Waals surface area contributed by atoms with Gasteiger partial charge in [-0.1, -0.05) is 11.6 Å². The molecule has 0 spiro atoms. The number of benzene rings is 1. The number of nitrogens with two attached hydrogens (primary N) is 1. The van der Waals surface area contributed by atoms with E-state index in [9.17, 15) is 0 Å². The average molecular weight is 228 g/mol. The third-order valence-electron chi connectivity index (χ3n) is 2.47. The molecule has 1 atom stereocenters. The fourth-order valence-electron chi connectivity index (χ4n) is 1.56. The summed E-state index contributed by atoms with van der Waals surface area (Å²) in [6, 6.07) is 5.25. The van der Waals surface area contributed by atoms with Crippen molar-refractivity contribution >= 4 is 17.3 Å². The van der Waals surface area contributed by atoms with Crippen molar-refractivity contribution in [3.05, 3.63) is 23.2 Å². The predicted molar refractivity (Wildman–Crippen MR) is 60.3 cm³/mol. The molecule has 4 heteroatoms. The Kier molecular flexibility index (Phi) is 3.34. The zero-order valence-electron chi connectivity index (χ0n) is 8.41. The van der Waals surface area contributed by atoms with Gasteiger partial charge in [0.15, 0.2) is 0 Å². The summed E-state index contributed by atoms with van der Waals surface area (Å²) < 4.78 is 10.9. The van der Waals surface area contributed by atoms with Gasteiger partial charge in [-0.25, -0.2) is 0 Å². The molecule has 2 N–H and O–H groups in total. The van der Waals surface area contributed by atoms with Crippen LogP contribution in [0.5, 0.6) is 5.75 Å². The first-order valence-corrected chi connectivity index (χ1v) is 5.39. The number of halogens is 1. The lowest BCUT2D eigenvalue weighted by atomic mass is 10.1. The van der Waals surface area contributed by atoms with Crippen LogP contribution in [0.3, 0.4) is 0 Å². The fourth-order valence-corrected chi connectivity index (χ4v) is 1.72. The Hall–Kier alpha value is -0.930. The van der Waals surface area contributed by atoms with Gasteiger partial charge in [0.25, 0.3) is 0 Å². The molecular formula is C11H14ClNO2. The maximum Gasteiger partial charge on any atom is 0.143 e. The van der Waals surface area contributed by atoms with Gasteiger partial charge < -0.3 is 15.2 Å². The van der Waals surface area contributed by atoms with Crippen molar-refractivity contribution in [3.8, 4) is 5.75 Å². The van der Waals surface area contributed by atoms with Crippen molar-refractivity contribution in [1.29, 1.82) is 0 Å². The number of anilines is 1. The minimum Gasteiger partial charge on any atom is -0.491 e. The third-order valence-corrected chi connectivity index (χ3v) is 2.71. The molecule has 0 aliphatic carbocycles. The topological polar surface area (TPSA) is 44.5 Å². The van der Waals surface area contributed by atoms with Crippen LogP contribution >= 0.6 is 11.6 Å². The lowest BCUT2D eigenvalue weighted by Crippen LogP contribution is -2.12. The van der Waals surface area contributed by atoms with Gasteiger partial charge in [-0.3, -0.25) is 0 Å². The van der Waals surface area contributed by atoms with Crippen LogP contribution in [0.2, 0.25) is 5.02 Å². The Morgan fingerprint density at radius 1 is 1.53 bits per heavy atom. The van der Waals surface area contributed by atoms with Crippen LogP contribution in [0.4, 0.5) is 5.69 Å². The van der Waals surface area contributed by atoms with E-state index in [0.29, 0.717) is 29.0 Å². The van der Waals surface area contributed by atoms with Gasteiger partial charge >= 0.3 is 0 Å². The Bertz CT molecular complexity index is 337. The maximum absolute atomic E-state index is 5.85. The Labute approximate surface area is 94.1 Å². The number of nitrogen functional groups attached to an aromatic ring is 1. The second-order valence-electron chi connectivity index (χ2n) is 3.72. The Balaban J connectivity index is 1.94. The molecular weight excluding hydrogens is 214 g/mol. The van der Waals surface area contributed by atoms with Crippen LogP contribution in [0.1, 0.15) is 6.42 Å². The monoisotopic (exact) mass is 227 g/mol. The summed E-state index contributed by atoms with van der Waals surface area (Å²) in [6.07, 6.45) is 1.06. The molecule has 0 saturated carbocycles. The molecule has 2 rings (SSSR count). The van der Waals surface area contributed by atoms with Crippen LogP contribution < -0.4 is 10.5 Å². The second kappa shape index (κ2) is 4.73. The highest BCUT2D eigenvalue weighted by atomic mass is 35.5. The molecule has 1 unspecified atom stereocenters. The molecule has 1 saturated heterocycles. The van der Waals surface area contributed by atoms with Gasteiger partial charge in [0.05, 0.1) is 18.9 Å². The van der Waals surface area contributed by atoms with E-state index >= 15 is 0 Å². The first kappa shape index (κ1) is 10.6. The van der Waals surface area contributed by atoms with Crippen molar-refractivity contribution in [3.63, 3.8) is 0 Å². The van der Waals surface area contributed by atoms with E-state index in [4.69, 9.17) is 26.8 Å². The molecule has 0 aromatic heterocycles. The first-order valence-electron chi connectivity index (χ1n) is 5.01. The summed E-state index contributed by atoms with van der Waals surface area (Å²) >= 11 is 5.85. The number of rotatable bonds is 3. The molecule has 82 valence electrons. The normalized spacial score (nSPS) is 20.5. The molecule has 0 bridgehead atoms. The second-order valence-corrected chi connectivity index (χ2v) is 4.16. The lowest BCUT2D eigenvalue weighted by molar-refractivity contribution is 0.167. The molecule has 1 aromatic carbocycles. The van der Waals surface area contributed by atoms with E-state index in [-0.39, 0.29) is 0 Å². The van der Waals surface area contributed by atoms with E-state index in [1.54, 1.807) is 18.2 Å². The number of hydrogen-bond donors (Lipinski definition) is 1. The van der Waals surface area contributed by atoms with Gasteiger partial charge in [-0.05, 0) is 18.6 Å². The maximum atomic E-state index is 5.85. The summed E-state index contributed by atoms with van der Waals surface area (Å²) in [5.41, 5.74) is 6.38. The van der Waals surface area contributed by atoms with Gasteiger partial charge in [0, 0.05) is 23.6 Å². The molecule has 0 amide bonds. The lowest BCUT2D eigenvalue weighted by Gasteiger charge is -2.12. The summed E-state index contributed by atoms with van der Waals surface area (Å²) in [4.78, 5) is 0. The van der Waals surface area contributed by atoms with Crippen molar-refractivity contribution in [1.82, 2.24) is 0 Å².